The zero-order valence-corrected chi connectivity index (χ0v) is 14.6. The number of hydrogen-bond donors (Lipinski definition) is 1. The molecule has 2 heterocycles. The van der Waals surface area contributed by atoms with Crippen LogP contribution < -0.4 is 10.2 Å². The van der Waals surface area contributed by atoms with Gasteiger partial charge in [-0.15, -0.1) is 5.10 Å². The van der Waals surface area contributed by atoms with Crippen LogP contribution in [-0.2, 0) is 11.3 Å². The van der Waals surface area contributed by atoms with Crippen LogP contribution in [0.25, 0.3) is 0 Å². The van der Waals surface area contributed by atoms with E-state index in [2.05, 4.69) is 20.5 Å². The number of halogens is 1. The molecule has 0 saturated carbocycles. The van der Waals surface area contributed by atoms with E-state index in [0.29, 0.717) is 51.1 Å². The Hall–Kier alpha value is -2.97. The molecule has 2 aromatic rings. The monoisotopic (exact) mass is 360 g/mol. The Morgan fingerprint density at radius 3 is 2.65 bits per heavy atom. The van der Waals surface area contributed by atoms with E-state index in [1.54, 1.807) is 30.2 Å². The molecule has 1 N–H and O–H groups in total. The predicted octanol–water partition coefficient (Wildman–Crippen LogP) is 1.90. The lowest BCUT2D eigenvalue weighted by molar-refractivity contribution is 0.105. The molecule has 0 radical (unpaired) electrons. The fraction of sp³-hybridized carbons (Fsp3) is 0.412. The van der Waals surface area contributed by atoms with Crippen molar-refractivity contribution < 1.29 is 13.9 Å². The summed E-state index contributed by atoms with van der Waals surface area (Å²) in [5.41, 5.74) is 0.920. The molecule has 0 unspecified atom stereocenters. The van der Waals surface area contributed by atoms with Crippen molar-refractivity contribution in [1.82, 2.24) is 20.1 Å². The number of carbonyl (C=O) groups is 1. The average molecular weight is 360 g/mol. The van der Waals surface area contributed by atoms with Crippen LogP contribution in [0.5, 0.6) is 0 Å². The highest BCUT2D eigenvalue weighted by Crippen LogP contribution is 2.14. The molecule has 9 heteroatoms. The van der Waals surface area contributed by atoms with E-state index < -0.39 is 0 Å². The molecule has 1 amide bonds. The van der Waals surface area contributed by atoms with Crippen molar-refractivity contribution in [2.45, 2.75) is 13.5 Å². The first-order valence-electron chi connectivity index (χ1n) is 8.50. The summed E-state index contributed by atoms with van der Waals surface area (Å²) < 4.78 is 18.0. The van der Waals surface area contributed by atoms with Crippen molar-refractivity contribution in [2.75, 3.05) is 43.0 Å². The highest BCUT2D eigenvalue weighted by molar-refractivity contribution is 5.68. The summed E-state index contributed by atoms with van der Waals surface area (Å²) >= 11 is 0. The SMILES string of the molecule is CCOC(=O)N1CCN(c2cnnc(NCc3ccc(F)cc3)n2)CC1. The zero-order chi connectivity index (χ0) is 18.4. The maximum Gasteiger partial charge on any atom is 0.409 e. The van der Waals surface area contributed by atoms with Gasteiger partial charge in [-0.05, 0) is 24.6 Å². The molecule has 0 aliphatic carbocycles. The number of carbonyl (C=O) groups excluding carboxylic acids is 1. The lowest BCUT2D eigenvalue weighted by Gasteiger charge is -2.34. The van der Waals surface area contributed by atoms with Gasteiger partial charge >= 0.3 is 6.09 Å². The van der Waals surface area contributed by atoms with Gasteiger partial charge in [0, 0.05) is 32.7 Å². The van der Waals surface area contributed by atoms with Gasteiger partial charge in [0.25, 0.3) is 0 Å². The van der Waals surface area contributed by atoms with Crippen molar-refractivity contribution in [3.05, 3.63) is 41.8 Å². The van der Waals surface area contributed by atoms with E-state index in [4.69, 9.17) is 4.74 Å². The highest BCUT2D eigenvalue weighted by Gasteiger charge is 2.23. The minimum atomic E-state index is -0.283. The second kappa shape index (κ2) is 8.41. The summed E-state index contributed by atoms with van der Waals surface area (Å²) in [6.07, 6.45) is 1.32. The number of ether oxygens (including phenoxy) is 1. The molecule has 0 bridgehead atoms. The van der Waals surface area contributed by atoms with E-state index >= 15 is 0 Å². The van der Waals surface area contributed by atoms with E-state index in [1.165, 1.54) is 12.1 Å². The number of benzene rings is 1. The molecule has 26 heavy (non-hydrogen) atoms. The minimum Gasteiger partial charge on any atom is -0.450 e. The van der Waals surface area contributed by atoms with Gasteiger partial charge in [-0.2, -0.15) is 10.1 Å². The number of hydrogen-bond acceptors (Lipinski definition) is 7. The molecule has 1 fully saturated rings. The Bertz CT molecular complexity index is 734. The van der Waals surface area contributed by atoms with Crippen LogP contribution in [0.1, 0.15) is 12.5 Å². The Kier molecular flexibility index (Phi) is 5.77. The molecule has 3 rings (SSSR count). The molecule has 1 aromatic heterocycles. The van der Waals surface area contributed by atoms with Gasteiger partial charge in [0.05, 0.1) is 12.8 Å². The molecular weight excluding hydrogens is 339 g/mol. The van der Waals surface area contributed by atoms with Crippen LogP contribution in [0, 0.1) is 5.82 Å². The van der Waals surface area contributed by atoms with Crippen molar-refractivity contribution in [2.24, 2.45) is 0 Å². The van der Waals surface area contributed by atoms with E-state index in [-0.39, 0.29) is 11.9 Å². The van der Waals surface area contributed by atoms with Gasteiger partial charge in [0.1, 0.15) is 5.82 Å². The second-order valence-electron chi connectivity index (χ2n) is 5.79. The van der Waals surface area contributed by atoms with Gasteiger partial charge in [-0.25, -0.2) is 9.18 Å². The predicted molar refractivity (Wildman–Crippen MR) is 94.4 cm³/mol. The highest BCUT2D eigenvalue weighted by atomic mass is 19.1. The Morgan fingerprint density at radius 1 is 1.23 bits per heavy atom. The van der Waals surface area contributed by atoms with Crippen LogP contribution in [0.3, 0.4) is 0 Å². The first kappa shape index (κ1) is 17.8. The summed E-state index contributed by atoms with van der Waals surface area (Å²) in [7, 11) is 0. The number of nitrogens with one attached hydrogen (secondary N) is 1. The third-order valence-corrected chi connectivity index (χ3v) is 4.04. The lowest BCUT2D eigenvalue weighted by atomic mass is 10.2. The molecule has 8 nitrogen and oxygen atoms in total. The molecule has 1 aromatic carbocycles. The fourth-order valence-electron chi connectivity index (χ4n) is 2.64. The molecule has 0 spiro atoms. The Balaban J connectivity index is 1.56. The van der Waals surface area contributed by atoms with E-state index in [1.807, 2.05) is 4.90 Å². The maximum absolute atomic E-state index is 12.9. The smallest absolute Gasteiger partial charge is 0.409 e. The van der Waals surface area contributed by atoms with Gasteiger partial charge in [-0.3, -0.25) is 0 Å². The Labute approximate surface area is 151 Å². The van der Waals surface area contributed by atoms with E-state index in [9.17, 15) is 9.18 Å². The normalized spacial score (nSPS) is 14.2. The number of amides is 1. The maximum atomic E-state index is 12.9. The van der Waals surface area contributed by atoms with Crippen molar-refractivity contribution >= 4 is 17.9 Å². The number of nitrogens with zero attached hydrogens (tertiary/aromatic N) is 5. The average Bonchev–Trinajstić information content (AvgIpc) is 2.68. The summed E-state index contributed by atoms with van der Waals surface area (Å²) in [4.78, 5) is 19.9. The van der Waals surface area contributed by atoms with E-state index in [0.717, 1.165) is 5.56 Å². The van der Waals surface area contributed by atoms with Crippen LogP contribution in [0.15, 0.2) is 30.5 Å². The van der Waals surface area contributed by atoms with Gasteiger partial charge < -0.3 is 19.9 Å². The summed E-state index contributed by atoms with van der Waals surface area (Å²) in [5.74, 6) is 0.834. The third-order valence-electron chi connectivity index (χ3n) is 4.04. The van der Waals surface area contributed by atoms with Crippen LogP contribution in [0.4, 0.5) is 21.0 Å². The number of aromatic nitrogens is 3. The lowest BCUT2D eigenvalue weighted by Crippen LogP contribution is -2.49. The Morgan fingerprint density at radius 2 is 1.96 bits per heavy atom. The zero-order valence-electron chi connectivity index (χ0n) is 14.6. The quantitative estimate of drug-likeness (QED) is 0.872. The number of rotatable bonds is 5. The first-order valence-corrected chi connectivity index (χ1v) is 8.50. The summed E-state index contributed by atoms with van der Waals surface area (Å²) in [5, 5.41) is 11.1. The molecular formula is C17H21FN6O2. The number of anilines is 2. The minimum absolute atomic E-state index is 0.268. The van der Waals surface area contributed by atoms with Crippen LogP contribution >= 0.6 is 0 Å². The largest absolute Gasteiger partial charge is 0.450 e. The van der Waals surface area contributed by atoms with Gasteiger partial charge in [0.2, 0.25) is 5.95 Å². The summed E-state index contributed by atoms with van der Waals surface area (Å²) in [6.45, 7) is 5.08. The molecule has 138 valence electrons. The van der Waals surface area contributed by atoms with Gasteiger partial charge in [-0.1, -0.05) is 12.1 Å². The molecule has 1 aliphatic heterocycles. The standard InChI is InChI=1S/C17H21FN6O2/c1-2-26-17(25)24-9-7-23(8-10-24)15-12-20-22-16(21-15)19-11-13-3-5-14(18)6-4-13/h3-6,12H,2,7-11H2,1H3,(H,19,21,22). The molecule has 1 saturated heterocycles. The van der Waals surface area contributed by atoms with Crippen molar-refractivity contribution in [3.63, 3.8) is 0 Å². The summed E-state index contributed by atoms with van der Waals surface area (Å²) in [6, 6.07) is 6.23. The first-order chi connectivity index (χ1) is 12.7. The third kappa shape index (κ3) is 4.56. The molecule has 0 atom stereocenters. The van der Waals surface area contributed by atoms with Gasteiger partial charge in [0.15, 0.2) is 5.82 Å². The number of piperazine rings is 1. The van der Waals surface area contributed by atoms with Crippen LogP contribution in [-0.4, -0.2) is 59.0 Å². The second-order valence-corrected chi connectivity index (χ2v) is 5.79. The van der Waals surface area contributed by atoms with Crippen molar-refractivity contribution in [3.8, 4) is 0 Å². The topological polar surface area (TPSA) is 83.5 Å². The fourth-order valence-corrected chi connectivity index (χ4v) is 2.64. The van der Waals surface area contributed by atoms with Crippen LogP contribution in [0.2, 0.25) is 0 Å². The molecule has 1 aliphatic rings. The van der Waals surface area contributed by atoms with Crippen molar-refractivity contribution in [1.29, 1.82) is 0 Å².